The lowest BCUT2D eigenvalue weighted by atomic mass is 10.0. The lowest BCUT2D eigenvalue weighted by molar-refractivity contribution is 0.0999. The summed E-state index contributed by atoms with van der Waals surface area (Å²) in [7, 11) is 3.72. The molecule has 0 radical (unpaired) electrons. The minimum absolute atomic E-state index is 0.0936. The van der Waals surface area contributed by atoms with Crippen molar-refractivity contribution in [2.75, 3.05) is 29.2 Å². The number of nitrogens with two attached hydrogens (primary N) is 1. The van der Waals surface area contributed by atoms with Crippen LogP contribution in [0.3, 0.4) is 0 Å². The first-order valence-corrected chi connectivity index (χ1v) is 9.96. The molecule has 2 aromatic carbocycles. The van der Waals surface area contributed by atoms with Gasteiger partial charge in [0.1, 0.15) is 5.82 Å². The van der Waals surface area contributed by atoms with Crippen LogP contribution in [0.2, 0.25) is 0 Å². The molecule has 2 heterocycles. The first-order valence-electron chi connectivity index (χ1n) is 9.96. The maximum absolute atomic E-state index is 14.2. The van der Waals surface area contributed by atoms with Crippen LogP contribution in [-0.4, -0.2) is 41.2 Å². The third-order valence-corrected chi connectivity index (χ3v) is 5.26. The summed E-state index contributed by atoms with van der Waals surface area (Å²) in [5.41, 5.74) is 7.99. The number of carbonyl (C=O) groups excluding carboxylic acids is 1. The summed E-state index contributed by atoms with van der Waals surface area (Å²) in [5, 5.41) is 12.0. The molecule has 0 saturated heterocycles. The van der Waals surface area contributed by atoms with Crippen molar-refractivity contribution in [3.05, 3.63) is 65.0 Å². The summed E-state index contributed by atoms with van der Waals surface area (Å²) in [6, 6.07) is 12.4. The smallest absolute Gasteiger partial charge is 0.252 e. The first kappa shape index (κ1) is 20.5. The molecule has 3 aromatic rings. The Kier molecular flexibility index (Phi) is 5.41. The van der Waals surface area contributed by atoms with Crippen LogP contribution in [0, 0.1) is 5.82 Å². The molecular formula is C22H24FN7O. The van der Waals surface area contributed by atoms with E-state index in [1.54, 1.807) is 4.90 Å². The maximum Gasteiger partial charge on any atom is 0.252 e. The highest BCUT2D eigenvalue weighted by Gasteiger charge is 2.33. The quantitative estimate of drug-likeness (QED) is 0.631. The van der Waals surface area contributed by atoms with Gasteiger partial charge in [-0.25, -0.2) is 4.39 Å². The predicted octanol–water partition coefficient (Wildman–Crippen LogP) is 2.87. The number of nitrogens with zero attached hydrogens (tertiary/aromatic N) is 5. The van der Waals surface area contributed by atoms with Crippen molar-refractivity contribution in [2.45, 2.75) is 25.9 Å². The minimum Gasteiger partial charge on any atom is -0.366 e. The average Bonchev–Trinajstić information content (AvgIpc) is 3.07. The molecule has 0 spiro atoms. The number of halogens is 1. The van der Waals surface area contributed by atoms with Crippen LogP contribution in [-0.2, 0) is 13.0 Å². The van der Waals surface area contributed by atoms with Crippen LogP contribution < -0.4 is 20.9 Å². The van der Waals surface area contributed by atoms with E-state index in [-0.39, 0.29) is 11.6 Å². The second kappa shape index (κ2) is 8.17. The lowest BCUT2D eigenvalue weighted by Crippen LogP contribution is -2.27. The van der Waals surface area contributed by atoms with Gasteiger partial charge >= 0.3 is 0 Å². The summed E-state index contributed by atoms with van der Waals surface area (Å²) in [6.45, 7) is 2.52. The predicted molar refractivity (Wildman–Crippen MR) is 118 cm³/mol. The number of nitrogens with one attached hydrogen (secondary N) is 1. The Hall–Kier alpha value is -3.75. The fourth-order valence-electron chi connectivity index (χ4n) is 3.82. The number of rotatable bonds is 6. The molecule has 1 aliphatic heterocycles. The third kappa shape index (κ3) is 3.98. The van der Waals surface area contributed by atoms with E-state index in [9.17, 15) is 9.18 Å². The number of hydrogen-bond acceptors (Lipinski definition) is 7. The molecule has 1 atom stereocenters. The van der Waals surface area contributed by atoms with Crippen molar-refractivity contribution in [2.24, 2.45) is 5.73 Å². The molecule has 0 aliphatic carbocycles. The van der Waals surface area contributed by atoms with E-state index in [2.05, 4.69) is 15.5 Å². The van der Waals surface area contributed by atoms with Crippen LogP contribution in [0.1, 0.15) is 28.4 Å². The summed E-state index contributed by atoms with van der Waals surface area (Å²) in [6.07, 6.45) is 0.527. The number of amides is 1. The molecule has 9 heteroatoms. The monoisotopic (exact) mass is 421 g/mol. The van der Waals surface area contributed by atoms with Gasteiger partial charge in [-0.15, -0.1) is 10.2 Å². The van der Waals surface area contributed by atoms with E-state index in [0.29, 0.717) is 41.8 Å². The van der Waals surface area contributed by atoms with Crippen molar-refractivity contribution in [1.82, 2.24) is 15.2 Å². The summed E-state index contributed by atoms with van der Waals surface area (Å²) >= 11 is 0. The standard InChI is InChI=1S/C22H24FN7O/c1-13-9-16-17(19(24)31)10-15(23)11-18(16)30(13)22-26-20(21(27-28-22)29(2)3)25-12-14-7-5-4-6-8-14/h4-8,10-11,13H,9,12H2,1-3H3,(H2,24,31)(H,25,26,28). The Balaban J connectivity index is 1.73. The third-order valence-electron chi connectivity index (χ3n) is 5.26. The summed E-state index contributed by atoms with van der Waals surface area (Å²) < 4.78 is 14.2. The van der Waals surface area contributed by atoms with Crippen molar-refractivity contribution >= 4 is 29.2 Å². The van der Waals surface area contributed by atoms with Gasteiger partial charge in [0.05, 0.1) is 5.69 Å². The number of carbonyl (C=O) groups is 1. The summed E-state index contributed by atoms with van der Waals surface area (Å²) in [5.74, 6) is 0.284. The molecular weight excluding hydrogens is 397 g/mol. The fraction of sp³-hybridized carbons (Fsp3) is 0.273. The SMILES string of the molecule is CC1Cc2c(C(N)=O)cc(F)cc2N1c1nnc(N(C)C)c(NCc2ccccc2)n1. The van der Waals surface area contributed by atoms with Gasteiger partial charge in [-0.1, -0.05) is 30.3 Å². The molecule has 0 fully saturated rings. The van der Waals surface area contributed by atoms with E-state index in [0.717, 1.165) is 5.56 Å². The van der Waals surface area contributed by atoms with Crippen LogP contribution >= 0.6 is 0 Å². The Bertz CT molecular complexity index is 1120. The van der Waals surface area contributed by atoms with Crippen LogP contribution in [0.4, 0.5) is 27.7 Å². The van der Waals surface area contributed by atoms with Gasteiger partial charge in [0.2, 0.25) is 5.91 Å². The zero-order valence-electron chi connectivity index (χ0n) is 17.6. The fourth-order valence-corrected chi connectivity index (χ4v) is 3.82. The maximum atomic E-state index is 14.2. The highest BCUT2D eigenvalue weighted by atomic mass is 19.1. The van der Waals surface area contributed by atoms with Crippen molar-refractivity contribution in [3.8, 4) is 0 Å². The second-order valence-corrected chi connectivity index (χ2v) is 7.76. The number of anilines is 4. The Morgan fingerprint density at radius 1 is 1.26 bits per heavy atom. The average molecular weight is 421 g/mol. The first-order chi connectivity index (χ1) is 14.8. The normalized spacial score (nSPS) is 15.0. The zero-order valence-corrected chi connectivity index (χ0v) is 17.6. The van der Waals surface area contributed by atoms with E-state index < -0.39 is 11.7 Å². The van der Waals surface area contributed by atoms with Gasteiger partial charge in [0.15, 0.2) is 11.6 Å². The Morgan fingerprint density at radius 2 is 2.00 bits per heavy atom. The van der Waals surface area contributed by atoms with Gasteiger partial charge in [-0.05, 0) is 36.6 Å². The molecule has 1 amide bonds. The Labute approximate surface area is 179 Å². The molecule has 1 aliphatic rings. The van der Waals surface area contributed by atoms with E-state index in [1.807, 2.05) is 56.3 Å². The van der Waals surface area contributed by atoms with Crippen molar-refractivity contribution < 1.29 is 9.18 Å². The zero-order chi connectivity index (χ0) is 22.1. The molecule has 4 rings (SSSR count). The van der Waals surface area contributed by atoms with Crippen molar-refractivity contribution in [3.63, 3.8) is 0 Å². The molecule has 1 aromatic heterocycles. The number of hydrogen-bond donors (Lipinski definition) is 2. The van der Waals surface area contributed by atoms with Crippen LogP contribution in [0.5, 0.6) is 0 Å². The van der Waals surface area contributed by atoms with Gasteiger partial charge in [-0.2, -0.15) is 4.98 Å². The lowest BCUT2D eigenvalue weighted by Gasteiger charge is -2.24. The van der Waals surface area contributed by atoms with Gasteiger partial charge < -0.3 is 20.9 Å². The van der Waals surface area contributed by atoms with E-state index >= 15 is 0 Å². The largest absolute Gasteiger partial charge is 0.366 e. The topological polar surface area (TPSA) is 100 Å². The minimum atomic E-state index is -0.656. The molecule has 8 nitrogen and oxygen atoms in total. The summed E-state index contributed by atoms with van der Waals surface area (Å²) in [4.78, 5) is 20.2. The number of fused-ring (bicyclic) bond motifs is 1. The van der Waals surface area contributed by atoms with Crippen LogP contribution in [0.25, 0.3) is 0 Å². The number of aromatic nitrogens is 3. The molecule has 0 bridgehead atoms. The highest BCUT2D eigenvalue weighted by Crippen LogP contribution is 2.39. The van der Waals surface area contributed by atoms with Crippen molar-refractivity contribution in [1.29, 1.82) is 0 Å². The molecule has 160 valence electrons. The highest BCUT2D eigenvalue weighted by molar-refractivity contribution is 5.97. The molecule has 31 heavy (non-hydrogen) atoms. The van der Waals surface area contributed by atoms with Gasteiger partial charge in [0.25, 0.3) is 5.95 Å². The number of benzene rings is 2. The van der Waals surface area contributed by atoms with Gasteiger partial charge in [0, 0.05) is 32.2 Å². The second-order valence-electron chi connectivity index (χ2n) is 7.76. The molecule has 1 unspecified atom stereocenters. The number of primary amides is 1. The Morgan fingerprint density at radius 3 is 2.68 bits per heavy atom. The molecule has 0 saturated carbocycles. The van der Waals surface area contributed by atoms with Gasteiger partial charge in [-0.3, -0.25) is 4.79 Å². The van der Waals surface area contributed by atoms with Crippen LogP contribution in [0.15, 0.2) is 42.5 Å². The van der Waals surface area contributed by atoms with E-state index in [1.165, 1.54) is 12.1 Å². The molecule has 3 N–H and O–H groups in total. The van der Waals surface area contributed by atoms with E-state index in [4.69, 9.17) is 10.7 Å².